The number of aliphatic hydroxyl groups is 1. The van der Waals surface area contributed by atoms with E-state index in [0.717, 1.165) is 12.1 Å². The molecule has 0 aliphatic heterocycles. The van der Waals surface area contributed by atoms with E-state index in [-0.39, 0.29) is 6.61 Å². The van der Waals surface area contributed by atoms with Gasteiger partial charge in [-0.25, -0.2) is 4.98 Å². The summed E-state index contributed by atoms with van der Waals surface area (Å²) >= 11 is 0. The van der Waals surface area contributed by atoms with Crippen LogP contribution in [0.15, 0.2) is 10.7 Å². The maximum absolute atomic E-state index is 8.53. The van der Waals surface area contributed by atoms with Crippen LogP contribution < -0.4 is 5.73 Å². The second kappa shape index (κ2) is 4.10. The second-order valence-electron chi connectivity index (χ2n) is 2.24. The Bertz CT molecular complexity index is 189. The summed E-state index contributed by atoms with van der Waals surface area (Å²) in [4.78, 5) is 4.08. The molecule has 0 saturated heterocycles. The Morgan fingerprint density at radius 3 is 3.00 bits per heavy atom. The van der Waals surface area contributed by atoms with Gasteiger partial charge in [-0.3, -0.25) is 0 Å². The van der Waals surface area contributed by atoms with Crippen molar-refractivity contribution in [1.29, 1.82) is 0 Å². The highest BCUT2D eigenvalue weighted by molar-refractivity contribution is 4.96. The van der Waals surface area contributed by atoms with Crippen LogP contribution in [0.4, 0.5) is 0 Å². The minimum absolute atomic E-state index is 0.0720. The lowest BCUT2D eigenvalue weighted by Gasteiger charge is -1.87. The normalized spacial score (nSPS) is 10.4. The molecule has 0 aromatic carbocycles. The molecule has 0 unspecified atom stereocenters. The van der Waals surface area contributed by atoms with Crippen molar-refractivity contribution >= 4 is 0 Å². The average Bonchev–Trinajstić information content (AvgIpc) is 2.38. The zero-order chi connectivity index (χ0) is 8.10. The largest absolute Gasteiger partial charge is 0.449 e. The second-order valence-corrected chi connectivity index (χ2v) is 2.24. The van der Waals surface area contributed by atoms with Crippen molar-refractivity contribution in [3.63, 3.8) is 0 Å². The van der Waals surface area contributed by atoms with Crippen LogP contribution in [0.5, 0.6) is 0 Å². The van der Waals surface area contributed by atoms with Crippen LogP contribution in [-0.4, -0.2) is 23.2 Å². The molecular weight excluding hydrogens is 144 g/mol. The quantitative estimate of drug-likeness (QED) is 0.628. The molecule has 0 fully saturated rings. The third kappa shape index (κ3) is 2.32. The summed E-state index contributed by atoms with van der Waals surface area (Å²) in [6, 6.07) is 0. The van der Waals surface area contributed by atoms with Crippen LogP contribution in [-0.2, 0) is 12.8 Å². The molecule has 1 aromatic heterocycles. The molecule has 62 valence electrons. The molecule has 4 nitrogen and oxygen atoms in total. The summed E-state index contributed by atoms with van der Waals surface area (Å²) in [5.74, 6) is 0.580. The molecule has 0 atom stereocenters. The van der Waals surface area contributed by atoms with Crippen molar-refractivity contribution < 1.29 is 9.52 Å². The SMILES string of the molecule is NCCc1coc(CCO)n1. The highest BCUT2D eigenvalue weighted by Gasteiger charge is 2.00. The van der Waals surface area contributed by atoms with Crippen molar-refractivity contribution in [3.8, 4) is 0 Å². The molecule has 0 amide bonds. The molecule has 3 N–H and O–H groups in total. The minimum Gasteiger partial charge on any atom is -0.449 e. The molecular formula is C7H12N2O2. The monoisotopic (exact) mass is 156 g/mol. The lowest BCUT2D eigenvalue weighted by molar-refractivity contribution is 0.285. The summed E-state index contributed by atoms with van der Waals surface area (Å²) in [6.45, 7) is 0.647. The van der Waals surface area contributed by atoms with Crippen LogP contribution in [0.25, 0.3) is 0 Å². The third-order valence-corrected chi connectivity index (χ3v) is 1.33. The number of aromatic nitrogens is 1. The molecule has 0 saturated carbocycles. The summed E-state index contributed by atoms with van der Waals surface area (Å²) in [7, 11) is 0. The van der Waals surface area contributed by atoms with Gasteiger partial charge in [0.05, 0.1) is 12.3 Å². The van der Waals surface area contributed by atoms with Crippen LogP contribution >= 0.6 is 0 Å². The first-order chi connectivity index (χ1) is 5.36. The molecule has 0 radical (unpaired) electrons. The van der Waals surface area contributed by atoms with Crippen molar-refractivity contribution in [2.75, 3.05) is 13.2 Å². The van der Waals surface area contributed by atoms with Crippen LogP contribution in [0.2, 0.25) is 0 Å². The van der Waals surface area contributed by atoms with Gasteiger partial charge < -0.3 is 15.3 Å². The number of hydrogen-bond acceptors (Lipinski definition) is 4. The Balaban J connectivity index is 2.51. The van der Waals surface area contributed by atoms with E-state index in [1.54, 1.807) is 6.26 Å². The molecule has 4 heteroatoms. The number of nitrogens with zero attached hydrogens (tertiary/aromatic N) is 1. The highest BCUT2D eigenvalue weighted by atomic mass is 16.3. The first-order valence-electron chi connectivity index (χ1n) is 3.61. The van der Waals surface area contributed by atoms with Crippen molar-refractivity contribution in [1.82, 2.24) is 4.98 Å². The molecule has 0 spiro atoms. The van der Waals surface area contributed by atoms with E-state index in [0.29, 0.717) is 18.9 Å². The van der Waals surface area contributed by atoms with Gasteiger partial charge in [-0.2, -0.15) is 0 Å². The van der Waals surface area contributed by atoms with Gasteiger partial charge in [-0.1, -0.05) is 0 Å². The molecule has 0 aliphatic carbocycles. The maximum atomic E-state index is 8.53. The lowest BCUT2D eigenvalue weighted by atomic mass is 10.3. The molecule has 0 aliphatic rings. The topological polar surface area (TPSA) is 72.3 Å². The summed E-state index contributed by atoms with van der Waals surface area (Å²) < 4.78 is 5.03. The Morgan fingerprint density at radius 1 is 1.55 bits per heavy atom. The van der Waals surface area contributed by atoms with Gasteiger partial charge >= 0.3 is 0 Å². The van der Waals surface area contributed by atoms with Crippen molar-refractivity contribution in [2.45, 2.75) is 12.8 Å². The Hall–Kier alpha value is -0.870. The van der Waals surface area contributed by atoms with Gasteiger partial charge in [-0.05, 0) is 6.54 Å². The fourth-order valence-electron chi connectivity index (χ4n) is 0.822. The fraction of sp³-hybridized carbons (Fsp3) is 0.571. The number of hydrogen-bond donors (Lipinski definition) is 2. The predicted octanol–water partition coefficient (Wildman–Crippen LogP) is -0.289. The van der Waals surface area contributed by atoms with E-state index in [2.05, 4.69) is 4.98 Å². The fourth-order valence-corrected chi connectivity index (χ4v) is 0.822. The number of nitrogens with two attached hydrogens (primary N) is 1. The number of oxazole rings is 1. The Labute approximate surface area is 65.0 Å². The van der Waals surface area contributed by atoms with Gasteiger partial charge in [-0.15, -0.1) is 0 Å². The predicted molar refractivity (Wildman–Crippen MR) is 40.1 cm³/mol. The van der Waals surface area contributed by atoms with Gasteiger partial charge in [0.1, 0.15) is 6.26 Å². The Morgan fingerprint density at radius 2 is 2.36 bits per heavy atom. The van der Waals surface area contributed by atoms with E-state index in [1.807, 2.05) is 0 Å². The van der Waals surface area contributed by atoms with Gasteiger partial charge in [0.25, 0.3) is 0 Å². The third-order valence-electron chi connectivity index (χ3n) is 1.33. The van der Waals surface area contributed by atoms with Gasteiger partial charge in [0, 0.05) is 12.8 Å². The summed E-state index contributed by atoms with van der Waals surface area (Å²) in [5, 5.41) is 8.53. The molecule has 1 heterocycles. The average molecular weight is 156 g/mol. The zero-order valence-corrected chi connectivity index (χ0v) is 6.29. The smallest absolute Gasteiger partial charge is 0.196 e. The van der Waals surface area contributed by atoms with Crippen LogP contribution in [0, 0.1) is 0 Å². The van der Waals surface area contributed by atoms with E-state index in [4.69, 9.17) is 15.3 Å². The van der Waals surface area contributed by atoms with Gasteiger partial charge in [0.2, 0.25) is 0 Å². The van der Waals surface area contributed by atoms with E-state index in [1.165, 1.54) is 0 Å². The highest BCUT2D eigenvalue weighted by Crippen LogP contribution is 2.02. The number of rotatable bonds is 4. The van der Waals surface area contributed by atoms with E-state index >= 15 is 0 Å². The maximum Gasteiger partial charge on any atom is 0.196 e. The first-order valence-corrected chi connectivity index (χ1v) is 3.61. The van der Waals surface area contributed by atoms with Crippen molar-refractivity contribution in [3.05, 3.63) is 17.8 Å². The van der Waals surface area contributed by atoms with Crippen LogP contribution in [0.1, 0.15) is 11.6 Å². The van der Waals surface area contributed by atoms with Crippen molar-refractivity contribution in [2.24, 2.45) is 5.73 Å². The zero-order valence-electron chi connectivity index (χ0n) is 6.29. The molecule has 1 rings (SSSR count). The Kier molecular flexibility index (Phi) is 3.07. The summed E-state index contributed by atoms with van der Waals surface area (Å²) in [6.07, 6.45) is 2.79. The minimum atomic E-state index is 0.0720. The standard InChI is InChI=1S/C7H12N2O2/c8-3-1-6-5-11-7(9-6)2-4-10/h5,10H,1-4,8H2. The van der Waals surface area contributed by atoms with E-state index in [9.17, 15) is 0 Å². The molecule has 11 heavy (non-hydrogen) atoms. The van der Waals surface area contributed by atoms with E-state index < -0.39 is 0 Å². The first kappa shape index (κ1) is 8.23. The van der Waals surface area contributed by atoms with Crippen LogP contribution in [0.3, 0.4) is 0 Å². The summed E-state index contributed by atoms with van der Waals surface area (Å²) in [5.41, 5.74) is 6.17. The molecule has 0 bridgehead atoms. The number of aliphatic hydroxyl groups excluding tert-OH is 1. The van der Waals surface area contributed by atoms with Gasteiger partial charge in [0.15, 0.2) is 5.89 Å². The lowest BCUT2D eigenvalue weighted by Crippen LogP contribution is -2.03. The molecule has 1 aromatic rings.